The van der Waals surface area contributed by atoms with Crippen molar-refractivity contribution in [3.8, 4) is 11.1 Å². The molecule has 0 spiro atoms. The largest absolute Gasteiger partial charge is 0.383 e. The predicted octanol–water partition coefficient (Wildman–Crippen LogP) is 5.66. The van der Waals surface area contributed by atoms with Crippen LogP contribution in [0.1, 0.15) is 40.2 Å². The van der Waals surface area contributed by atoms with Crippen molar-refractivity contribution >= 4 is 17.7 Å². The van der Waals surface area contributed by atoms with Crippen LogP contribution in [0.3, 0.4) is 0 Å². The van der Waals surface area contributed by atoms with E-state index in [1.807, 2.05) is 13.8 Å². The summed E-state index contributed by atoms with van der Waals surface area (Å²) in [5, 5.41) is 5.65. The molecule has 0 atom stereocenters. The average Bonchev–Trinajstić information content (AvgIpc) is 2.64. The van der Waals surface area contributed by atoms with Gasteiger partial charge in [-0.05, 0) is 58.4 Å². The number of anilines is 1. The Labute approximate surface area is 167 Å². The van der Waals surface area contributed by atoms with E-state index in [1.165, 1.54) is 19.1 Å². The summed E-state index contributed by atoms with van der Waals surface area (Å²) >= 11 is 0. The summed E-state index contributed by atoms with van der Waals surface area (Å²) in [6, 6.07) is 5.83. The normalized spacial score (nSPS) is 11.9. The van der Waals surface area contributed by atoms with Crippen LogP contribution in [0.15, 0.2) is 29.8 Å². The quantitative estimate of drug-likeness (QED) is 0.368. The van der Waals surface area contributed by atoms with Gasteiger partial charge in [0.2, 0.25) is 5.91 Å². The number of hydrogen-bond acceptors (Lipinski definition) is 2. The lowest BCUT2D eigenvalue weighted by molar-refractivity contribution is -0.117. The molecular weight excluding hydrogens is 384 g/mol. The molecule has 0 aliphatic rings. The lowest BCUT2D eigenvalue weighted by Crippen LogP contribution is -2.30. The molecule has 1 amide bonds. The summed E-state index contributed by atoms with van der Waals surface area (Å²) in [5.41, 5.74) is -1.10. The predicted molar refractivity (Wildman–Crippen MR) is 107 cm³/mol. The number of carbonyl (C=O) groups excluding carboxylic acids is 1. The third-order valence-electron chi connectivity index (χ3n) is 4.07. The molecule has 0 radical (unpaired) electrons. The first-order valence-electron chi connectivity index (χ1n) is 9.25. The zero-order valence-corrected chi connectivity index (χ0v) is 17.0. The van der Waals surface area contributed by atoms with Gasteiger partial charge in [-0.3, -0.25) is 4.79 Å². The Bertz CT molecular complexity index is 906. The van der Waals surface area contributed by atoms with Gasteiger partial charge in [-0.1, -0.05) is 12.1 Å². The van der Waals surface area contributed by atoms with E-state index in [0.29, 0.717) is 5.69 Å². The highest BCUT2D eigenvalue weighted by molar-refractivity contribution is 5.97. The molecule has 2 aromatic rings. The second kappa shape index (κ2) is 9.11. The minimum atomic E-state index is -1.56. The first-order valence-corrected chi connectivity index (χ1v) is 9.25. The van der Waals surface area contributed by atoms with E-state index in [-0.39, 0.29) is 23.2 Å². The van der Waals surface area contributed by atoms with Crippen LogP contribution >= 0.6 is 0 Å². The second-order valence-electron chi connectivity index (χ2n) is 7.38. The maximum atomic E-state index is 14.6. The summed E-state index contributed by atoms with van der Waals surface area (Å²) < 4.78 is 58.4. The summed E-state index contributed by atoms with van der Waals surface area (Å²) in [4.78, 5) is 11.9. The van der Waals surface area contributed by atoms with Crippen molar-refractivity contribution in [3.05, 3.63) is 58.7 Å². The van der Waals surface area contributed by atoms with E-state index < -0.39 is 40.3 Å². The number of carbonyl (C=O) groups is 1. The van der Waals surface area contributed by atoms with Crippen molar-refractivity contribution in [2.24, 2.45) is 0 Å². The Morgan fingerprint density at radius 1 is 0.862 bits per heavy atom. The molecule has 0 saturated heterocycles. The molecule has 7 heteroatoms. The molecule has 0 bridgehead atoms. The highest BCUT2D eigenvalue weighted by atomic mass is 19.2. The summed E-state index contributed by atoms with van der Waals surface area (Å²) in [5.74, 6) is -6.73. The van der Waals surface area contributed by atoms with E-state index in [4.69, 9.17) is 0 Å². The summed E-state index contributed by atoms with van der Waals surface area (Å²) in [6.45, 7) is 8.58. The van der Waals surface area contributed by atoms with Crippen LogP contribution in [0, 0.1) is 23.3 Å². The lowest BCUT2D eigenvalue weighted by Gasteiger charge is -2.13. The molecule has 2 N–H and O–H groups in total. The van der Waals surface area contributed by atoms with Crippen molar-refractivity contribution in [2.45, 2.75) is 46.7 Å². The van der Waals surface area contributed by atoms with Gasteiger partial charge >= 0.3 is 0 Å². The van der Waals surface area contributed by atoms with Gasteiger partial charge in [0.05, 0.1) is 11.1 Å². The van der Waals surface area contributed by atoms with Gasteiger partial charge in [0, 0.05) is 23.3 Å². The SMILES string of the molecule is C/C(=C\c1c(F)c(F)c(-c2ccc(NC(C)C)cc2)c(F)c1F)C(=O)NC(C)C. The van der Waals surface area contributed by atoms with E-state index in [2.05, 4.69) is 10.6 Å². The van der Waals surface area contributed by atoms with Gasteiger partial charge in [0.1, 0.15) is 0 Å². The standard InChI is InChI=1S/C22H24F4N2O/c1-11(2)27-15-8-6-14(7-9-15)17-20(25)18(23)16(19(24)21(17)26)10-13(5)22(29)28-12(3)4/h6-12,27H,1-5H3,(H,28,29)/b13-10+. The van der Waals surface area contributed by atoms with Crippen LogP contribution in [0.4, 0.5) is 23.2 Å². The minimum Gasteiger partial charge on any atom is -0.383 e. The molecule has 29 heavy (non-hydrogen) atoms. The molecule has 2 rings (SSSR count). The number of benzene rings is 2. The number of nitrogens with one attached hydrogen (secondary N) is 2. The molecule has 0 aromatic heterocycles. The fourth-order valence-corrected chi connectivity index (χ4v) is 2.75. The Kier molecular flexibility index (Phi) is 7.06. The molecule has 0 unspecified atom stereocenters. The Morgan fingerprint density at radius 3 is 1.83 bits per heavy atom. The topological polar surface area (TPSA) is 41.1 Å². The number of amides is 1. The Hall–Kier alpha value is -2.83. The first kappa shape index (κ1) is 22.5. The number of hydrogen-bond donors (Lipinski definition) is 2. The Balaban J connectivity index is 2.50. The zero-order valence-electron chi connectivity index (χ0n) is 17.0. The number of rotatable bonds is 6. The smallest absolute Gasteiger partial charge is 0.247 e. The van der Waals surface area contributed by atoms with E-state index in [9.17, 15) is 22.4 Å². The molecular formula is C22H24F4N2O. The second-order valence-corrected chi connectivity index (χ2v) is 7.38. The summed E-state index contributed by atoms with van der Waals surface area (Å²) in [7, 11) is 0. The van der Waals surface area contributed by atoms with Gasteiger partial charge in [-0.2, -0.15) is 0 Å². The molecule has 0 fully saturated rings. The van der Waals surface area contributed by atoms with Gasteiger partial charge < -0.3 is 10.6 Å². The molecule has 0 saturated carbocycles. The highest BCUT2D eigenvalue weighted by Crippen LogP contribution is 2.33. The Morgan fingerprint density at radius 2 is 1.38 bits per heavy atom. The molecule has 0 heterocycles. The van der Waals surface area contributed by atoms with Gasteiger partial charge in [-0.15, -0.1) is 0 Å². The van der Waals surface area contributed by atoms with Gasteiger partial charge in [0.25, 0.3) is 0 Å². The zero-order chi connectivity index (χ0) is 21.9. The van der Waals surface area contributed by atoms with Crippen LogP contribution < -0.4 is 10.6 Å². The van der Waals surface area contributed by atoms with Crippen LogP contribution in [0.5, 0.6) is 0 Å². The van der Waals surface area contributed by atoms with Crippen LogP contribution in [-0.2, 0) is 4.79 Å². The third-order valence-corrected chi connectivity index (χ3v) is 4.07. The first-order chi connectivity index (χ1) is 13.5. The highest BCUT2D eigenvalue weighted by Gasteiger charge is 2.26. The molecule has 0 aliphatic heterocycles. The monoisotopic (exact) mass is 408 g/mol. The summed E-state index contributed by atoms with van der Waals surface area (Å²) in [6.07, 6.45) is 0.800. The van der Waals surface area contributed by atoms with Crippen LogP contribution in [0.2, 0.25) is 0 Å². The minimum absolute atomic E-state index is 0.00286. The molecule has 156 valence electrons. The van der Waals surface area contributed by atoms with Crippen molar-refractivity contribution in [3.63, 3.8) is 0 Å². The van der Waals surface area contributed by atoms with Crippen molar-refractivity contribution in [1.82, 2.24) is 5.32 Å². The van der Waals surface area contributed by atoms with E-state index in [0.717, 1.165) is 6.08 Å². The maximum Gasteiger partial charge on any atom is 0.247 e. The van der Waals surface area contributed by atoms with Crippen molar-refractivity contribution in [2.75, 3.05) is 5.32 Å². The lowest BCUT2D eigenvalue weighted by atomic mass is 9.99. The van der Waals surface area contributed by atoms with Crippen molar-refractivity contribution in [1.29, 1.82) is 0 Å². The van der Waals surface area contributed by atoms with E-state index >= 15 is 0 Å². The van der Waals surface area contributed by atoms with Crippen molar-refractivity contribution < 1.29 is 22.4 Å². The van der Waals surface area contributed by atoms with Gasteiger partial charge in [0.15, 0.2) is 23.3 Å². The fraction of sp³-hybridized carbons (Fsp3) is 0.318. The fourth-order valence-electron chi connectivity index (χ4n) is 2.75. The molecule has 2 aromatic carbocycles. The third kappa shape index (κ3) is 5.16. The molecule has 3 nitrogen and oxygen atoms in total. The van der Waals surface area contributed by atoms with E-state index in [1.54, 1.807) is 26.0 Å². The maximum absolute atomic E-state index is 14.6. The molecule has 0 aliphatic carbocycles. The number of halogens is 4. The van der Waals surface area contributed by atoms with Crippen LogP contribution in [0.25, 0.3) is 17.2 Å². The average molecular weight is 408 g/mol. The van der Waals surface area contributed by atoms with Gasteiger partial charge in [-0.25, -0.2) is 17.6 Å². The van der Waals surface area contributed by atoms with Crippen LogP contribution in [-0.4, -0.2) is 18.0 Å².